The quantitative estimate of drug-likeness (QED) is 0.139. The van der Waals surface area contributed by atoms with Crippen molar-refractivity contribution in [3.05, 3.63) is 191 Å². The minimum atomic E-state index is -0.183. The molecule has 0 radical (unpaired) electrons. The summed E-state index contributed by atoms with van der Waals surface area (Å²) in [5, 5.41) is 0. The lowest BCUT2D eigenvalue weighted by molar-refractivity contribution is 0.406. The maximum atomic E-state index is 6.14. The summed E-state index contributed by atoms with van der Waals surface area (Å²) < 4.78 is 23.2. The van der Waals surface area contributed by atoms with Gasteiger partial charge in [-0.1, -0.05) is 152 Å². The fourth-order valence-corrected chi connectivity index (χ4v) is 6.08. The molecular weight excluding hydrogens is 701 g/mol. The van der Waals surface area contributed by atoms with Crippen LogP contribution in [0.25, 0.3) is 12.2 Å². The summed E-state index contributed by atoms with van der Waals surface area (Å²) in [4.78, 5) is 0. The highest BCUT2D eigenvalue weighted by molar-refractivity contribution is 5.50. The van der Waals surface area contributed by atoms with Gasteiger partial charge in [0.25, 0.3) is 0 Å². The SMILES string of the molecule is C=Cc1ccccc1.C=Cc1ccccc1.CC.CC.COc1c(C)cc(Oc2ccc(C(C)(C)c3ccc(Oc4cc(C)c(OC)c(C)c4)cc3)cc2)cc1C. The highest BCUT2D eigenvalue weighted by atomic mass is 16.5. The number of benzene rings is 6. The van der Waals surface area contributed by atoms with Crippen LogP contribution in [0.3, 0.4) is 0 Å². The fraction of sp³-hybridized carbons (Fsp3) is 0.245. The Balaban J connectivity index is 0.000000457. The third-order valence-electron chi connectivity index (χ3n) is 8.97. The molecule has 0 unspecified atom stereocenters. The minimum Gasteiger partial charge on any atom is -0.496 e. The molecule has 0 aliphatic rings. The van der Waals surface area contributed by atoms with E-state index in [0.717, 1.165) is 56.8 Å². The maximum Gasteiger partial charge on any atom is 0.128 e. The molecule has 0 atom stereocenters. The molecule has 0 fully saturated rings. The first-order valence-electron chi connectivity index (χ1n) is 19.7. The molecule has 57 heavy (non-hydrogen) atoms. The van der Waals surface area contributed by atoms with Crippen molar-refractivity contribution in [3.8, 4) is 34.5 Å². The third-order valence-corrected chi connectivity index (χ3v) is 8.97. The van der Waals surface area contributed by atoms with Crippen molar-refractivity contribution >= 4 is 12.2 Å². The molecule has 0 saturated heterocycles. The predicted octanol–water partition coefficient (Wildman–Crippen LogP) is 15.6. The van der Waals surface area contributed by atoms with Crippen LogP contribution in [-0.2, 0) is 5.41 Å². The standard InChI is InChI=1S/C33H36O4.2C8H8.2C2H6/c1-21-17-29(18-22(2)31(21)34-7)36-27-13-9-25(10-14-27)33(5,6)26-11-15-28(16-12-26)37-30-19-23(3)32(35-8)24(4)20-30;2*1-2-8-6-4-3-5-7-8;2*1-2/h9-20H,1-8H3;2*2-7H,1H2;2*1-2H3. The molecule has 4 nitrogen and oxygen atoms in total. The van der Waals surface area contributed by atoms with E-state index in [2.05, 4.69) is 51.3 Å². The summed E-state index contributed by atoms with van der Waals surface area (Å²) in [6.45, 7) is 27.8. The van der Waals surface area contributed by atoms with Gasteiger partial charge >= 0.3 is 0 Å². The van der Waals surface area contributed by atoms with Gasteiger partial charge in [0.15, 0.2) is 0 Å². The largest absolute Gasteiger partial charge is 0.496 e. The molecule has 6 aromatic rings. The fourth-order valence-electron chi connectivity index (χ4n) is 6.08. The van der Waals surface area contributed by atoms with Crippen molar-refractivity contribution in [1.29, 1.82) is 0 Å². The topological polar surface area (TPSA) is 36.9 Å². The average molecular weight is 765 g/mol. The van der Waals surface area contributed by atoms with Crippen LogP contribution >= 0.6 is 0 Å². The first-order valence-corrected chi connectivity index (χ1v) is 19.7. The lowest BCUT2D eigenvalue weighted by Crippen LogP contribution is -2.18. The second-order valence-electron chi connectivity index (χ2n) is 13.3. The van der Waals surface area contributed by atoms with E-state index in [4.69, 9.17) is 18.9 Å². The van der Waals surface area contributed by atoms with E-state index >= 15 is 0 Å². The van der Waals surface area contributed by atoms with Gasteiger partial charge in [0.05, 0.1) is 14.2 Å². The number of ether oxygens (including phenoxy) is 4. The van der Waals surface area contributed by atoms with Gasteiger partial charge in [-0.25, -0.2) is 0 Å². The molecule has 0 saturated carbocycles. The Hall–Kier alpha value is -6.00. The third kappa shape index (κ3) is 14.2. The average Bonchev–Trinajstić information content (AvgIpc) is 3.23. The normalized spacial score (nSPS) is 9.89. The van der Waals surface area contributed by atoms with Gasteiger partial charge in [0, 0.05) is 5.41 Å². The Bertz CT molecular complexity index is 1860. The molecule has 0 spiro atoms. The monoisotopic (exact) mass is 764 g/mol. The van der Waals surface area contributed by atoms with E-state index in [0.29, 0.717) is 0 Å². The van der Waals surface area contributed by atoms with Crippen LogP contribution in [0.1, 0.15) is 86.1 Å². The molecule has 0 heterocycles. The summed E-state index contributed by atoms with van der Waals surface area (Å²) in [6.07, 6.45) is 3.67. The number of hydrogen-bond donors (Lipinski definition) is 0. The molecule has 0 bridgehead atoms. The summed E-state index contributed by atoms with van der Waals surface area (Å²) in [7, 11) is 3.39. The number of aryl methyl sites for hydroxylation is 4. The molecule has 6 aromatic carbocycles. The lowest BCUT2D eigenvalue weighted by atomic mass is 9.78. The van der Waals surface area contributed by atoms with Crippen molar-refractivity contribution in [2.75, 3.05) is 14.2 Å². The van der Waals surface area contributed by atoms with Crippen LogP contribution in [0.15, 0.2) is 147 Å². The smallest absolute Gasteiger partial charge is 0.128 e. The van der Waals surface area contributed by atoms with Crippen LogP contribution < -0.4 is 18.9 Å². The van der Waals surface area contributed by atoms with Gasteiger partial charge < -0.3 is 18.9 Å². The second kappa shape index (κ2) is 24.5. The zero-order chi connectivity index (χ0) is 42.4. The lowest BCUT2D eigenvalue weighted by Gasteiger charge is -2.26. The van der Waals surface area contributed by atoms with Crippen molar-refractivity contribution in [1.82, 2.24) is 0 Å². The van der Waals surface area contributed by atoms with Gasteiger partial charge in [-0.3, -0.25) is 0 Å². The van der Waals surface area contributed by atoms with Crippen LogP contribution in [0.4, 0.5) is 0 Å². The first-order chi connectivity index (χ1) is 27.5. The summed E-state index contributed by atoms with van der Waals surface area (Å²) in [5.41, 5.74) is 8.80. The van der Waals surface area contributed by atoms with Gasteiger partial charge in [-0.2, -0.15) is 0 Å². The number of hydrogen-bond acceptors (Lipinski definition) is 4. The van der Waals surface area contributed by atoms with E-state index in [1.165, 1.54) is 22.3 Å². The minimum absolute atomic E-state index is 0.183. The van der Waals surface area contributed by atoms with Gasteiger partial charge in [0.2, 0.25) is 0 Å². The van der Waals surface area contributed by atoms with E-state index in [1.54, 1.807) is 14.2 Å². The Labute approximate surface area is 344 Å². The summed E-state index contributed by atoms with van der Waals surface area (Å²) >= 11 is 0. The van der Waals surface area contributed by atoms with E-state index in [9.17, 15) is 0 Å². The molecule has 0 N–H and O–H groups in total. The summed E-state index contributed by atoms with van der Waals surface area (Å²) in [6, 6.07) is 44.7. The molecular formula is C53H64O4. The molecule has 0 aromatic heterocycles. The van der Waals surface area contributed by atoms with E-state index < -0.39 is 0 Å². The Morgan fingerprint density at radius 1 is 0.421 bits per heavy atom. The molecule has 6 rings (SSSR count). The van der Waals surface area contributed by atoms with Crippen molar-refractivity contribution < 1.29 is 18.9 Å². The van der Waals surface area contributed by atoms with E-state index in [-0.39, 0.29) is 5.41 Å². The van der Waals surface area contributed by atoms with Gasteiger partial charge in [-0.15, -0.1) is 0 Å². The molecule has 0 aliphatic carbocycles. The first kappa shape index (κ1) is 47.2. The molecule has 300 valence electrons. The Morgan fingerprint density at radius 3 is 0.930 bits per heavy atom. The van der Waals surface area contributed by atoms with Crippen LogP contribution in [0.2, 0.25) is 0 Å². The number of methoxy groups -OCH3 is 2. The van der Waals surface area contributed by atoms with Gasteiger partial charge in [0.1, 0.15) is 34.5 Å². The van der Waals surface area contributed by atoms with Crippen molar-refractivity contribution in [3.63, 3.8) is 0 Å². The predicted molar refractivity (Wildman–Crippen MR) is 246 cm³/mol. The van der Waals surface area contributed by atoms with Crippen LogP contribution in [-0.4, -0.2) is 14.2 Å². The zero-order valence-electron chi connectivity index (χ0n) is 36.4. The van der Waals surface area contributed by atoms with Crippen LogP contribution in [0, 0.1) is 27.7 Å². The van der Waals surface area contributed by atoms with Gasteiger partial charge in [-0.05, 0) is 121 Å². The molecule has 0 amide bonds. The number of rotatable bonds is 10. The Morgan fingerprint density at radius 2 is 0.702 bits per heavy atom. The highest BCUT2D eigenvalue weighted by Gasteiger charge is 2.23. The molecule has 4 heteroatoms. The van der Waals surface area contributed by atoms with Crippen LogP contribution in [0.5, 0.6) is 34.5 Å². The summed E-state index contributed by atoms with van der Waals surface area (Å²) in [5.74, 6) is 5.01. The Kier molecular flexibility index (Phi) is 20.3. The highest BCUT2D eigenvalue weighted by Crippen LogP contribution is 2.36. The second-order valence-corrected chi connectivity index (χ2v) is 13.3. The zero-order valence-corrected chi connectivity index (χ0v) is 36.4. The maximum absolute atomic E-state index is 6.14. The molecule has 0 aliphatic heterocycles. The van der Waals surface area contributed by atoms with E-state index in [1.807, 2.05) is 177 Å². The van der Waals surface area contributed by atoms with Crippen molar-refractivity contribution in [2.45, 2.75) is 74.7 Å². The van der Waals surface area contributed by atoms with Crippen molar-refractivity contribution in [2.24, 2.45) is 0 Å².